The number of nitrogens with zero attached hydrogens (tertiary/aromatic N) is 3. The predicted octanol–water partition coefficient (Wildman–Crippen LogP) is 3.70. The fourth-order valence-electron chi connectivity index (χ4n) is 2.48. The highest BCUT2D eigenvalue weighted by Gasteiger charge is 2.48. The van der Waals surface area contributed by atoms with Crippen molar-refractivity contribution in [2.45, 2.75) is 38.5 Å². The van der Waals surface area contributed by atoms with Gasteiger partial charge in [0.25, 0.3) is 0 Å². The van der Waals surface area contributed by atoms with Crippen molar-refractivity contribution in [3.05, 3.63) is 22.8 Å². The Balaban J connectivity index is 2.27. The third-order valence-electron chi connectivity index (χ3n) is 3.71. The van der Waals surface area contributed by atoms with Gasteiger partial charge in [-0.15, -0.1) is 0 Å². The van der Waals surface area contributed by atoms with Crippen molar-refractivity contribution in [1.29, 1.82) is 0 Å². The van der Waals surface area contributed by atoms with E-state index in [9.17, 15) is 13.2 Å². The van der Waals surface area contributed by atoms with E-state index in [1.54, 1.807) is 12.1 Å². The third-order valence-corrected chi connectivity index (χ3v) is 4.18. The number of anilines is 1. The SMILES string of the molecule is CC(C)(C)N1CCN(c2ccc(Br)cn2)C(C(F)(F)F)C1. The van der Waals surface area contributed by atoms with Crippen molar-refractivity contribution in [2.75, 3.05) is 24.5 Å². The number of rotatable bonds is 1. The van der Waals surface area contributed by atoms with Crippen LogP contribution in [0.1, 0.15) is 20.8 Å². The summed E-state index contributed by atoms with van der Waals surface area (Å²) in [5.74, 6) is 0.370. The van der Waals surface area contributed by atoms with E-state index in [-0.39, 0.29) is 12.1 Å². The van der Waals surface area contributed by atoms with Gasteiger partial charge in [0.1, 0.15) is 11.9 Å². The van der Waals surface area contributed by atoms with Gasteiger partial charge in [-0.1, -0.05) is 0 Å². The van der Waals surface area contributed by atoms with E-state index in [1.807, 2.05) is 25.7 Å². The molecule has 0 saturated carbocycles. The Bertz CT molecular complexity index is 482. The van der Waals surface area contributed by atoms with E-state index >= 15 is 0 Å². The van der Waals surface area contributed by atoms with Crippen LogP contribution in [0.5, 0.6) is 0 Å². The van der Waals surface area contributed by atoms with E-state index in [0.29, 0.717) is 18.9 Å². The summed E-state index contributed by atoms with van der Waals surface area (Å²) in [5.41, 5.74) is -0.275. The van der Waals surface area contributed by atoms with Crippen molar-refractivity contribution in [1.82, 2.24) is 9.88 Å². The number of pyridine rings is 1. The molecule has 0 aliphatic carbocycles. The summed E-state index contributed by atoms with van der Waals surface area (Å²) in [6, 6.07) is 1.81. The van der Waals surface area contributed by atoms with Crippen LogP contribution < -0.4 is 4.90 Å². The Labute approximate surface area is 131 Å². The van der Waals surface area contributed by atoms with E-state index in [2.05, 4.69) is 20.9 Å². The number of piperazine rings is 1. The smallest absolute Gasteiger partial charge is 0.342 e. The predicted molar refractivity (Wildman–Crippen MR) is 80.5 cm³/mol. The van der Waals surface area contributed by atoms with Gasteiger partial charge in [0.15, 0.2) is 0 Å². The lowest BCUT2D eigenvalue weighted by atomic mass is 10.0. The van der Waals surface area contributed by atoms with E-state index in [0.717, 1.165) is 4.47 Å². The fourth-order valence-corrected chi connectivity index (χ4v) is 2.72. The molecule has 1 fully saturated rings. The van der Waals surface area contributed by atoms with Crippen LogP contribution in [0.3, 0.4) is 0 Å². The van der Waals surface area contributed by atoms with Crippen LogP contribution in [-0.4, -0.2) is 47.3 Å². The molecule has 7 heteroatoms. The molecule has 1 aliphatic heterocycles. The first-order chi connectivity index (χ1) is 9.59. The normalized spacial score (nSPS) is 21.7. The van der Waals surface area contributed by atoms with Crippen molar-refractivity contribution in [3.63, 3.8) is 0 Å². The topological polar surface area (TPSA) is 19.4 Å². The van der Waals surface area contributed by atoms with Crippen LogP contribution >= 0.6 is 15.9 Å². The van der Waals surface area contributed by atoms with Crippen molar-refractivity contribution >= 4 is 21.7 Å². The zero-order chi connectivity index (χ0) is 15.8. The van der Waals surface area contributed by atoms with E-state index in [1.165, 1.54) is 11.1 Å². The van der Waals surface area contributed by atoms with Crippen LogP contribution in [0.15, 0.2) is 22.8 Å². The lowest BCUT2D eigenvalue weighted by Gasteiger charge is -2.47. The van der Waals surface area contributed by atoms with E-state index in [4.69, 9.17) is 0 Å². The lowest BCUT2D eigenvalue weighted by Crippen LogP contribution is -2.62. The number of aromatic nitrogens is 1. The van der Waals surface area contributed by atoms with Gasteiger partial charge in [-0.2, -0.15) is 13.2 Å². The fraction of sp³-hybridized carbons (Fsp3) is 0.643. The Morgan fingerprint density at radius 3 is 2.33 bits per heavy atom. The van der Waals surface area contributed by atoms with Crippen molar-refractivity contribution in [2.24, 2.45) is 0 Å². The molecule has 0 bridgehead atoms. The molecule has 1 aromatic rings. The first-order valence-electron chi connectivity index (χ1n) is 6.79. The second-order valence-electron chi connectivity index (χ2n) is 6.20. The van der Waals surface area contributed by atoms with Crippen LogP contribution in [0.4, 0.5) is 19.0 Å². The molecule has 1 unspecified atom stereocenters. The highest BCUT2D eigenvalue weighted by molar-refractivity contribution is 9.10. The van der Waals surface area contributed by atoms with Crippen LogP contribution in [0, 0.1) is 0 Å². The summed E-state index contributed by atoms with van der Waals surface area (Å²) in [5, 5.41) is 0. The summed E-state index contributed by atoms with van der Waals surface area (Å²) in [4.78, 5) is 7.34. The van der Waals surface area contributed by atoms with Gasteiger partial charge >= 0.3 is 6.18 Å². The molecule has 1 aromatic heterocycles. The summed E-state index contributed by atoms with van der Waals surface area (Å²) in [6.45, 7) is 6.69. The standard InChI is InChI=1S/C14H19BrF3N3/c1-13(2,3)20-6-7-21(11(9-20)14(16,17)18)12-5-4-10(15)8-19-12/h4-5,8,11H,6-7,9H2,1-3H3. The Morgan fingerprint density at radius 1 is 1.19 bits per heavy atom. The molecule has 0 amide bonds. The Kier molecular flexibility index (Phi) is 4.54. The minimum Gasteiger partial charge on any atom is -0.342 e. The maximum Gasteiger partial charge on any atom is 0.410 e. The average molecular weight is 366 g/mol. The van der Waals surface area contributed by atoms with Gasteiger partial charge in [0, 0.05) is 35.8 Å². The molecular weight excluding hydrogens is 347 g/mol. The van der Waals surface area contributed by atoms with Gasteiger partial charge in [-0.05, 0) is 48.8 Å². The molecule has 118 valence electrons. The number of halogens is 4. The van der Waals surface area contributed by atoms with Crippen molar-refractivity contribution in [3.8, 4) is 0 Å². The number of hydrogen-bond acceptors (Lipinski definition) is 3. The van der Waals surface area contributed by atoms with Gasteiger partial charge in [0.2, 0.25) is 0 Å². The molecule has 2 rings (SSSR count). The van der Waals surface area contributed by atoms with Gasteiger partial charge in [-0.25, -0.2) is 4.98 Å². The molecule has 3 nitrogen and oxygen atoms in total. The second kappa shape index (κ2) is 5.76. The van der Waals surface area contributed by atoms with Gasteiger partial charge in [0.05, 0.1) is 0 Å². The summed E-state index contributed by atoms with van der Waals surface area (Å²) in [7, 11) is 0. The van der Waals surface area contributed by atoms with Crippen LogP contribution in [0.2, 0.25) is 0 Å². The minimum atomic E-state index is -4.28. The summed E-state index contributed by atoms with van der Waals surface area (Å²) < 4.78 is 41.0. The molecule has 2 heterocycles. The molecule has 1 atom stereocenters. The number of alkyl halides is 3. The zero-order valence-electron chi connectivity index (χ0n) is 12.3. The quantitative estimate of drug-likeness (QED) is 0.756. The minimum absolute atomic E-state index is 0.0370. The molecular formula is C14H19BrF3N3. The highest BCUT2D eigenvalue weighted by atomic mass is 79.9. The summed E-state index contributed by atoms with van der Waals surface area (Å²) >= 11 is 3.25. The highest BCUT2D eigenvalue weighted by Crippen LogP contribution is 2.33. The van der Waals surface area contributed by atoms with Gasteiger partial charge < -0.3 is 4.90 Å². The largest absolute Gasteiger partial charge is 0.410 e. The molecule has 0 spiro atoms. The lowest BCUT2D eigenvalue weighted by molar-refractivity contribution is -0.160. The van der Waals surface area contributed by atoms with Crippen LogP contribution in [-0.2, 0) is 0 Å². The molecule has 1 aliphatic rings. The second-order valence-corrected chi connectivity index (χ2v) is 7.12. The van der Waals surface area contributed by atoms with Crippen molar-refractivity contribution < 1.29 is 13.2 Å². The molecule has 21 heavy (non-hydrogen) atoms. The average Bonchev–Trinajstić information content (AvgIpc) is 2.37. The first kappa shape index (κ1) is 16.5. The Morgan fingerprint density at radius 2 is 1.86 bits per heavy atom. The summed E-state index contributed by atoms with van der Waals surface area (Å²) in [6.07, 6.45) is -2.75. The molecule has 0 N–H and O–H groups in total. The van der Waals surface area contributed by atoms with E-state index < -0.39 is 12.2 Å². The Hall–Kier alpha value is -0.820. The number of hydrogen-bond donors (Lipinski definition) is 0. The third kappa shape index (κ3) is 3.88. The molecule has 0 radical (unpaired) electrons. The molecule has 1 saturated heterocycles. The molecule has 0 aromatic carbocycles. The van der Waals surface area contributed by atoms with Crippen LogP contribution in [0.25, 0.3) is 0 Å². The monoisotopic (exact) mass is 365 g/mol. The maximum absolute atomic E-state index is 13.4. The zero-order valence-corrected chi connectivity index (χ0v) is 13.9. The maximum atomic E-state index is 13.4. The van der Waals surface area contributed by atoms with Gasteiger partial charge in [-0.3, -0.25) is 4.90 Å². The first-order valence-corrected chi connectivity index (χ1v) is 7.58.